The maximum absolute atomic E-state index is 13.0. The van der Waals surface area contributed by atoms with Crippen molar-refractivity contribution < 1.29 is 14.3 Å². The topological polar surface area (TPSA) is 71.5 Å². The van der Waals surface area contributed by atoms with E-state index in [1.54, 1.807) is 17.2 Å². The summed E-state index contributed by atoms with van der Waals surface area (Å²) in [5, 5.41) is 2.89. The molecule has 0 spiro atoms. The van der Waals surface area contributed by atoms with E-state index < -0.39 is 5.24 Å². The third kappa shape index (κ3) is 3.81. The zero-order valence-electron chi connectivity index (χ0n) is 17.7. The summed E-state index contributed by atoms with van der Waals surface area (Å²) in [6.45, 7) is 5.91. The number of carbonyl (C=O) groups excluding carboxylic acids is 2. The maximum atomic E-state index is 13.0. The van der Waals surface area contributed by atoms with Crippen LogP contribution in [0, 0.1) is 6.92 Å². The Balaban J connectivity index is 0.00000119. The summed E-state index contributed by atoms with van der Waals surface area (Å²) in [6, 6.07) is 16.4. The molecule has 6 nitrogen and oxygen atoms in total. The number of rotatable bonds is 4. The van der Waals surface area contributed by atoms with Crippen molar-refractivity contribution in [2.24, 2.45) is 0 Å². The van der Waals surface area contributed by atoms with Crippen LogP contribution in [0.4, 0.5) is 21.9 Å². The normalized spacial score (nSPS) is 12.1. The van der Waals surface area contributed by atoms with Gasteiger partial charge in [-0.25, -0.2) is 9.78 Å². The molecule has 4 aromatic rings. The summed E-state index contributed by atoms with van der Waals surface area (Å²) in [5.41, 5.74) is 2.63. The maximum Gasteiger partial charge on any atom is 0.331 e. The molecule has 32 heavy (non-hydrogen) atoms. The van der Waals surface area contributed by atoms with Crippen LogP contribution in [-0.4, -0.2) is 16.3 Å². The molecule has 0 saturated heterocycles. The molecule has 1 aliphatic rings. The van der Waals surface area contributed by atoms with E-state index in [1.807, 2.05) is 69.3 Å². The van der Waals surface area contributed by atoms with Gasteiger partial charge in [0.25, 0.3) is 5.24 Å². The SMILES string of the molecule is CC.Cc1cc(Oc2ccccc2)ccc1N1C(=O)Nc2c(C(=O)Cl)sc3nccc1c23. The van der Waals surface area contributed by atoms with E-state index in [0.717, 1.165) is 22.6 Å². The average molecular weight is 466 g/mol. The van der Waals surface area contributed by atoms with Crippen molar-refractivity contribution in [3.63, 3.8) is 0 Å². The highest BCUT2D eigenvalue weighted by atomic mass is 35.5. The lowest BCUT2D eigenvalue weighted by Gasteiger charge is -2.29. The fraction of sp³-hybridized carbons (Fsp3) is 0.125. The molecule has 5 rings (SSSR count). The quantitative estimate of drug-likeness (QED) is 0.317. The minimum atomic E-state index is -0.619. The van der Waals surface area contributed by atoms with Crippen molar-refractivity contribution in [3.8, 4) is 11.5 Å². The summed E-state index contributed by atoms with van der Waals surface area (Å²) >= 11 is 6.87. The molecule has 3 heterocycles. The fourth-order valence-corrected chi connectivity index (χ4v) is 4.69. The lowest BCUT2D eigenvalue weighted by molar-refractivity contribution is 0.108. The van der Waals surface area contributed by atoms with Crippen LogP contribution >= 0.6 is 22.9 Å². The highest BCUT2D eigenvalue weighted by Gasteiger charge is 2.32. The van der Waals surface area contributed by atoms with Crippen molar-refractivity contribution in [3.05, 3.63) is 71.2 Å². The number of thiophene rings is 1. The predicted molar refractivity (Wildman–Crippen MR) is 130 cm³/mol. The van der Waals surface area contributed by atoms with Crippen LogP contribution in [0.3, 0.4) is 0 Å². The van der Waals surface area contributed by atoms with Gasteiger partial charge in [0.15, 0.2) is 0 Å². The van der Waals surface area contributed by atoms with Gasteiger partial charge in [0, 0.05) is 6.20 Å². The molecule has 162 valence electrons. The Labute approximate surface area is 194 Å². The molecule has 0 fully saturated rings. The third-order valence-electron chi connectivity index (χ3n) is 4.81. The van der Waals surface area contributed by atoms with E-state index in [9.17, 15) is 9.59 Å². The molecule has 2 aromatic carbocycles. The van der Waals surface area contributed by atoms with E-state index in [4.69, 9.17) is 16.3 Å². The van der Waals surface area contributed by atoms with Gasteiger partial charge >= 0.3 is 6.03 Å². The van der Waals surface area contributed by atoms with Crippen LogP contribution in [0.15, 0.2) is 60.8 Å². The molecular weight excluding hydrogens is 446 g/mol. The number of amides is 2. The van der Waals surface area contributed by atoms with Gasteiger partial charge in [0.2, 0.25) is 0 Å². The number of aromatic nitrogens is 1. The largest absolute Gasteiger partial charge is 0.457 e. The van der Waals surface area contributed by atoms with Crippen LogP contribution in [-0.2, 0) is 0 Å². The number of carbonyl (C=O) groups is 2. The molecule has 2 amide bonds. The number of halogens is 1. The van der Waals surface area contributed by atoms with Crippen molar-refractivity contribution in [2.45, 2.75) is 20.8 Å². The van der Waals surface area contributed by atoms with E-state index >= 15 is 0 Å². The molecule has 0 radical (unpaired) electrons. The average Bonchev–Trinajstić information content (AvgIpc) is 3.17. The number of hydrogen-bond acceptors (Lipinski definition) is 5. The molecule has 0 bridgehead atoms. The van der Waals surface area contributed by atoms with Crippen molar-refractivity contribution >= 4 is 61.5 Å². The van der Waals surface area contributed by atoms with Gasteiger partial charge < -0.3 is 10.1 Å². The first kappa shape index (κ1) is 21.8. The molecule has 0 unspecified atom stereocenters. The Bertz CT molecular complexity index is 1320. The Hall–Kier alpha value is -3.42. The third-order valence-corrected chi connectivity index (χ3v) is 6.21. The Morgan fingerprint density at radius 1 is 1.06 bits per heavy atom. The second-order valence-corrected chi connectivity index (χ2v) is 8.06. The van der Waals surface area contributed by atoms with Gasteiger partial charge in [-0.05, 0) is 60.5 Å². The molecule has 1 N–H and O–H groups in total. The first-order valence-corrected chi connectivity index (χ1v) is 11.3. The van der Waals surface area contributed by atoms with E-state index in [-0.39, 0.29) is 10.9 Å². The molecule has 0 aliphatic carbocycles. The summed E-state index contributed by atoms with van der Waals surface area (Å²) in [7, 11) is 0. The van der Waals surface area contributed by atoms with E-state index in [0.29, 0.717) is 33.0 Å². The van der Waals surface area contributed by atoms with E-state index in [2.05, 4.69) is 10.3 Å². The second-order valence-electron chi connectivity index (χ2n) is 6.72. The molecule has 0 atom stereocenters. The lowest BCUT2D eigenvalue weighted by Crippen LogP contribution is -2.34. The Morgan fingerprint density at radius 2 is 1.81 bits per heavy atom. The molecule has 1 aliphatic heterocycles. The summed E-state index contributed by atoms with van der Waals surface area (Å²) < 4.78 is 5.89. The first-order chi connectivity index (χ1) is 15.5. The highest BCUT2D eigenvalue weighted by molar-refractivity contribution is 7.22. The van der Waals surface area contributed by atoms with Gasteiger partial charge in [-0.1, -0.05) is 32.0 Å². The van der Waals surface area contributed by atoms with E-state index in [1.165, 1.54) is 0 Å². The molecular formula is C24H20ClN3O3S. The number of anilines is 3. The number of nitrogens with one attached hydrogen (secondary N) is 1. The van der Waals surface area contributed by atoms with Gasteiger partial charge in [0.05, 0.1) is 22.4 Å². The smallest absolute Gasteiger partial charge is 0.331 e. The number of benzene rings is 2. The summed E-state index contributed by atoms with van der Waals surface area (Å²) in [5.74, 6) is 1.41. The monoisotopic (exact) mass is 465 g/mol. The van der Waals surface area contributed by atoms with Crippen LogP contribution in [0.2, 0.25) is 0 Å². The van der Waals surface area contributed by atoms with Crippen molar-refractivity contribution in [1.82, 2.24) is 4.98 Å². The summed E-state index contributed by atoms with van der Waals surface area (Å²) in [4.78, 5) is 31.6. The minimum absolute atomic E-state index is 0.281. The number of pyridine rings is 1. The number of nitrogens with zero attached hydrogens (tertiary/aromatic N) is 2. The van der Waals surface area contributed by atoms with Gasteiger partial charge in [-0.15, -0.1) is 11.3 Å². The molecule has 8 heteroatoms. The van der Waals surface area contributed by atoms with Crippen LogP contribution in [0.1, 0.15) is 29.1 Å². The van der Waals surface area contributed by atoms with Gasteiger partial charge in [-0.2, -0.15) is 0 Å². The summed E-state index contributed by atoms with van der Waals surface area (Å²) in [6.07, 6.45) is 1.62. The Morgan fingerprint density at radius 3 is 2.50 bits per heavy atom. The zero-order chi connectivity index (χ0) is 22.8. The lowest BCUT2D eigenvalue weighted by atomic mass is 10.1. The Kier molecular flexibility index (Phi) is 6.12. The van der Waals surface area contributed by atoms with Crippen molar-refractivity contribution in [2.75, 3.05) is 10.2 Å². The standard InChI is InChI=1S/C22H14ClN3O3S.C2H6/c1-12-11-14(29-13-5-3-2-4-6-13)7-8-15(12)26-16-9-10-24-21-17(16)18(25-22(26)28)19(30-21)20(23)27;1-2/h2-11H,1H3,(H,25,28);1-2H3. The highest BCUT2D eigenvalue weighted by Crippen LogP contribution is 2.46. The van der Waals surface area contributed by atoms with Crippen LogP contribution in [0.5, 0.6) is 11.5 Å². The van der Waals surface area contributed by atoms with Gasteiger partial charge in [0.1, 0.15) is 21.2 Å². The molecule has 0 saturated carbocycles. The minimum Gasteiger partial charge on any atom is -0.457 e. The molecule has 2 aromatic heterocycles. The second kappa shape index (κ2) is 8.98. The zero-order valence-corrected chi connectivity index (χ0v) is 19.3. The number of hydrogen-bond donors (Lipinski definition) is 1. The van der Waals surface area contributed by atoms with Crippen LogP contribution in [0.25, 0.3) is 10.2 Å². The first-order valence-electron chi connectivity index (χ1n) is 10.1. The fourth-order valence-electron chi connectivity index (χ4n) is 3.53. The predicted octanol–water partition coefficient (Wildman–Crippen LogP) is 7.49. The number of para-hydroxylation sites is 1. The van der Waals surface area contributed by atoms with Crippen LogP contribution < -0.4 is 15.0 Å². The van der Waals surface area contributed by atoms with Crippen molar-refractivity contribution in [1.29, 1.82) is 0 Å². The number of aryl methyl sites for hydroxylation is 1. The van der Waals surface area contributed by atoms with Gasteiger partial charge in [-0.3, -0.25) is 9.69 Å². The number of urea groups is 1. The number of ether oxygens (including phenoxy) is 1.